The van der Waals surface area contributed by atoms with E-state index >= 15 is 0 Å². The maximum Gasteiger partial charge on any atom is 0.310 e. The molecule has 138 valence electrons. The summed E-state index contributed by atoms with van der Waals surface area (Å²) in [6, 6.07) is 21.6. The van der Waals surface area contributed by atoms with Crippen molar-refractivity contribution in [2.75, 3.05) is 7.11 Å². The van der Waals surface area contributed by atoms with Gasteiger partial charge in [0.15, 0.2) is 0 Å². The summed E-state index contributed by atoms with van der Waals surface area (Å²) >= 11 is 0. The second-order valence-corrected chi connectivity index (χ2v) is 7.23. The van der Waals surface area contributed by atoms with E-state index in [9.17, 15) is 4.79 Å². The van der Waals surface area contributed by atoms with Crippen LogP contribution in [0.1, 0.15) is 49.8 Å². The van der Waals surface area contributed by atoms with Crippen molar-refractivity contribution in [3.05, 3.63) is 71.8 Å². The first-order valence-corrected chi connectivity index (χ1v) is 9.63. The molecule has 3 nitrogen and oxygen atoms in total. The normalized spacial score (nSPS) is 21.3. The van der Waals surface area contributed by atoms with E-state index in [1.165, 1.54) is 24.7 Å². The van der Waals surface area contributed by atoms with E-state index in [-0.39, 0.29) is 24.0 Å². The van der Waals surface area contributed by atoms with Gasteiger partial charge in [0.1, 0.15) is 0 Å². The molecule has 1 saturated carbocycles. The molecule has 0 radical (unpaired) electrons. The highest BCUT2D eigenvalue weighted by Crippen LogP contribution is 2.35. The van der Waals surface area contributed by atoms with Gasteiger partial charge in [0.05, 0.1) is 13.0 Å². The van der Waals surface area contributed by atoms with Crippen LogP contribution in [0, 0.1) is 5.92 Å². The van der Waals surface area contributed by atoms with Gasteiger partial charge in [0.25, 0.3) is 0 Å². The molecule has 0 spiro atoms. The maximum atomic E-state index is 12.4. The van der Waals surface area contributed by atoms with Gasteiger partial charge in [-0.25, -0.2) is 0 Å². The van der Waals surface area contributed by atoms with Gasteiger partial charge in [-0.3, -0.25) is 9.69 Å². The number of ether oxygens (including phenoxy) is 1. The Morgan fingerprint density at radius 3 is 2.31 bits per heavy atom. The molecule has 1 aliphatic carbocycles. The molecule has 0 amide bonds. The molecule has 0 aromatic heterocycles. The van der Waals surface area contributed by atoms with Crippen LogP contribution in [-0.2, 0) is 16.1 Å². The quantitative estimate of drug-likeness (QED) is 0.687. The van der Waals surface area contributed by atoms with E-state index in [4.69, 9.17) is 4.74 Å². The predicted octanol–water partition coefficient (Wildman–Crippen LogP) is 4.98. The summed E-state index contributed by atoms with van der Waals surface area (Å²) in [7, 11) is 1.51. The van der Waals surface area contributed by atoms with Crippen LogP contribution >= 0.6 is 0 Å². The zero-order chi connectivity index (χ0) is 18.4. The Hall–Kier alpha value is -2.13. The molecule has 3 heteroatoms. The van der Waals surface area contributed by atoms with Crippen molar-refractivity contribution < 1.29 is 9.53 Å². The Kier molecular flexibility index (Phi) is 6.45. The van der Waals surface area contributed by atoms with Crippen LogP contribution in [0.4, 0.5) is 0 Å². The van der Waals surface area contributed by atoms with E-state index < -0.39 is 0 Å². The van der Waals surface area contributed by atoms with E-state index in [2.05, 4.69) is 66.4 Å². The summed E-state index contributed by atoms with van der Waals surface area (Å²) in [6.45, 7) is 3.09. The number of methoxy groups -OCH3 is 1. The lowest BCUT2D eigenvalue weighted by Crippen LogP contribution is -2.46. The molecule has 0 heterocycles. The minimum atomic E-state index is -0.0620. The monoisotopic (exact) mass is 351 g/mol. The van der Waals surface area contributed by atoms with Gasteiger partial charge in [-0.1, -0.05) is 73.5 Å². The standard InChI is InChI=1S/C23H29NO2/c1-18(20-13-7-4-8-14-20)24(17-19-11-5-3-6-12-19)22-16-10-9-15-21(22)23(25)26-2/h3-8,11-14,18,21-22H,9-10,15-17H2,1-2H3/t18-,21-,22-/m1/s1. The number of nitrogens with zero attached hydrogens (tertiary/aromatic N) is 1. The number of carbonyl (C=O) groups excluding carboxylic acids is 1. The van der Waals surface area contributed by atoms with Gasteiger partial charge in [0, 0.05) is 18.6 Å². The molecule has 3 atom stereocenters. The van der Waals surface area contributed by atoms with Crippen molar-refractivity contribution in [2.24, 2.45) is 5.92 Å². The molecular formula is C23H29NO2. The lowest BCUT2D eigenvalue weighted by Gasteiger charge is -2.42. The number of esters is 1. The summed E-state index contributed by atoms with van der Waals surface area (Å²) in [6.07, 6.45) is 4.24. The van der Waals surface area contributed by atoms with Crippen molar-refractivity contribution in [2.45, 2.75) is 51.2 Å². The lowest BCUT2D eigenvalue weighted by molar-refractivity contribution is -0.150. The smallest absolute Gasteiger partial charge is 0.310 e. The first-order valence-electron chi connectivity index (χ1n) is 9.63. The zero-order valence-corrected chi connectivity index (χ0v) is 15.8. The molecule has 2 aromatic carbocycles. The van der Waals surface area contributed by atoms with Crippen LogP contribution in [0.15, 0.2) is 60.7 Å². The Balaban J connectivity index is 1.91. The van der Waals surface area contributed by atoms with Crippen LogP contribution in [0.25, 0.3) is 0 Å². The number of hydrogen-bond donors (Lipinski definition) is 0. The molecule has 0 unspecified atom stereocenters. The summed E-state index contributed by atoms with van der Waals surface area (Å²) in [5, 5.41) is 0. The predicted molar refractivity (Wildman–Crippen MR) is 105 cm³/mol. The van der Waals surface area contributed by atoms with Gasteiger partial charge in [-0.2, -0.15) is 0 Å². The fraction of sp³-hybridized carbons (Fsp3) is 0.435. The van der Waals surface area contributed by atoms with E-state index in [0.717, 1.165) is 25.8 Å². The molecule has 1 fully saturated rings. The van der Waals surface area contributed by atoms with Gasteiger partial charge in [-0.15, -0.1) is 0 Å². The third-order valence-corrected chi connectivity index (χ3v) is 5.65. The van der Waals surface area contributed by atoms with Crippen LogP contribution in [0.3, 0.4) is 0 Å². The molecule has 2 aromatic rings. The van der Waals surface area contributed by atoms with Gasteiger partial charge in [-0.05, 0) is 30.9 Å². The van der Waals surface area contributed by atoms with Gasteiger partial charge < -0.3 is 4.74 Å². The van der Waals surface area contributed by atoms with E-state index in [1.807, 2.05) is 6.07 Å². The molecule has 0 N–H and O–H groups in total. The minimum absolute atomic E-state index is 0.0383. The number of rotatable bonds is 6. The molecule has 0 bridgehead atoms. The third-order valence-electron chi connectivity index (χ3n) is 5.65. The number of benzene rings is 2. The first kappa shape index (κ1) is 18.7. The number of hydrogen-bond acceptors (Lipinski definition) is 3. The van der Waals surface area contributed by atoms with Crippen LogP contribution in [0.2, 0.25) is 0 Å². The fourth-order valence-electron chi connectivity index (χ4n) is 4.19. The topological polar surface area (TPSA) is 29.5 Å². The molecule has 1 aliphatic rings. The fourth-order valence-corrected chi connectivity index (χ4v) is 4.19. The van der Waals surface area contributed by atoms with Gasteiger partial charge >= 0.3 is 5.97 Å². The summed E-state index contributed by atoms with van der Waals surface area (Å²) in [5.74, 6) is -0.100. The van der Waals surface area contributed by atoms with Gasteiger partial charge in [0.2, 0.25) is 0 Å². The second kappa shape index (κ2) is 9.00. The average Bonchev–Trinajstić information content (AvgIpc) is 2.72. The van der Waals surface area contributed by atoms with Crippen molar-refractivity contribution >= 4 is 5.97 Å². The van der Waals surface area contributed by atoms with Crippen LogP contribution < -0.4 is 0 Å². The lowest BCUT2D eigenvalue weighted by atomic mass is 9.82. The Labute approximate surface area is 157 Å². The highest BCUT2D eigenvalue weighted by molar-refractivity contribution is 5.73. The Morgan fingerprint density at radius 1 is 1.04 bits per heavy atom. The first-order chi connectivity index (χ1) is 12.7. The number of carbonyl (C=O) groups is 1. The van der Waals surface area contributed by atoms with Crippen molar-refractivity contribution in [3.8, 4) is 0 Å². The Bertz CT molecular complexity index is 686. The SMILES string of the molecule is COC(=O)[C@@H]1CCCC[C@H]1N(Cc1ccccc1)[C@H](C)c1ccccc1. The van der Waals surface area contributed by atoms with Crippen molar-refractivity contribution in [1.29, 1.82) is 0 Å². The molecule has 3 rings (SSSR count). The maximum absolute atomic E-state index is 12.4. The second-order valence-electron chi connectivity index (χ2n) is 7.23. The van der Waals surface area contributed by atoms with Crippen molar-refractivity contribution in [3.63, 3.8) is 0 Å². The average molecular weight is 351 g/mol. The Morgan fingerprint density at radius 2 is 1.65 bits per heavy atom. The molecule has 0 saturated heterocycles. The third kappa shape index (κ3) is 4.34. The highest BCUT2D eigenvalue weighted by atomic mass is 16.5. The van der Waals surface area contributed by atoms with E-state index in [0.29, 0.717) is 0 Å². The minimum Gasteiger partial charge on any atom is -0.469 e. The highest BCUT2D eigenvalue weighted by Gasteiger charge is 2.37. The van der Waals surface area contributed by atoms with E-state index in [1.54, 1.807) is 0 Å². The largest absolute Gasteiger partial charge is 0.469 e. The van der Waals surface area contributed by atoms with Crippen LogP contribution in [0.5, 0.6) is 0 Å². The summed E-state index contributed by atoms with van der Waals surface area (Å²) in [5.41, 5.74) is 2.57. The van der Waals surface area contributed by atoms with Crippen molar-refractivity contribution in [1.82, 2.24) is 4.90 Å². The molecular weight excluding hydrogens is 322 g/mol. The molecule has 0 aliphatic heterocycles. The van der Waals surface area contributed by atoms with Crippen LogP contribution in [-0.4, -0.2) is 24.0 Å². The molecule has 26 heavy (non-hydrogen) atoms. The summed E-state index contributed by atoms with van der Waals surface area (Å²) < 4.78 is 5.14. The summed E-state index contributed by atoms with van der Waals surface area (Å²) in [4.78, 5) is 14.9. The zero-order valence-electron chi connectivity index (χ0n) is 15.8.